The number of hydrogen-bond donors (Lipinski definition) is 0. The molecule has 0 aromatic carbocycles. The zero-order chi connectivity index (χ0) is 29.1. The Balaban J connectivity index is 1.26. The van der Waals surface area contributed by atoms with Crippen LogP contribution in [0.1, 0.15) is 71.5 Å². The van der Waals surface area contributed by atoms with E-state index in [4.69, 9.17) is 4.74 Å². The second kappa shape index (κ2) is 12.0. The van der Waals surface area contributed by atoms with Gasteiger partial charge >= 0.3 is 6.09 Å². The number of carbonyl (C=O) groups is 1. The Morgan fingerprint density at radius 2 is 1.93 bits per heavy atom. The van der Waals surface area contributed by atoms with Gasteiger partial charge in [-0.25, -0.2) is 9.78 Å². The molecule has 3 aromatic rings. The molecule has 41 heavy (non-hydrogen) atoms. The monoisotopic (exact) mass is 560 g/mol. The molecule has 1 aliphatic carbocycles. The zero-order valence-corrected chi connectivity index (χ0v) is 25.3. The summed E-state index contributed by atoms with van der Waals surface area (Å²) in [6, 6.07) is 6.25. The van der Waals surface area contributed by atoms with Crippen molar-refractivity contribution in [3.8, 4) is 11.3 Å². The van der Waals surface area contributed by atoms with Crippen LogP contribution in [0.4, 0.5) is 16.3 Å². The highest BCUT2D eigenvalue weighted by molar-refractivity contribution is 5.69. The summed E-state index contributed by atoms with van der Waals surface area (Å²) in [5, 5.41) is 9.23. The van der Waals surface area contributed by atoms with Crippen molar-refractivity contribution in [1.29, 1.82) is 0 Å². The lowest BCUT2D eigenvalue weighted by atomic mass is 9.84. The predicted molar refractivity (Wildman–Crippen MR) is 161 cm³/mol. The molecular weight excluding hydrogens is 516 g/mol. The second-order valence-corrected chi connectivity index (χ2v) is 12.7. The number of aromatic nitrogens is 5. The molecule has 0 spiro atoms. The van der Waals surface area contributed by atoms with Crippen LogP contribution in [0.15, 0.2) is 43.1 Å². The Bertz CT molecular complexity index is 1310. The van der Waals surface area contributed by atoms with Gasteiger partial charge in [-0.05, 0) is 77.5 Å². The standard InChI is InChI=1S/C31H44N8O2/c1-22(38-20-28(33-21-38)24-15-26(36(5)6)17-32-16-24)27-12-13-29(35-34-27)37-14-8-11-25(19-37)39(18-23-9-7-10-23)30(40)41-31(2,3)4/h12-13,15-17,20-23,25H,7-11,14,18-19H2,1-6H3/t22?,25-/m1/s1. The Morgan fingerprint density at radius 3 is 2.59 bits per heavy atom. The van der Waals surface area contributed by atoms with Gasteiger partial charge in [0.2, 0.25) is 0 Å². The molecule has 1 amide bonds. The Labute approximate surface area is 243 Å². The summed E-state index contributed by atoms with van der Waals surface area (Å²) in [7, 11) is 4.00. The largest absolute Gasteiger partial charge is 0.444 e. The molecule has 0 radical (unpaired) electrons. The fraction of sp³-hybridized carbons (Fsp3) is 0.581. The fourth-order valence-corrected chi connectivity index (χ4v) is 5.45. The van der Waals surface area contributed by atoms with Crippen LogP contribution >= 0.6 is 0 Å². The number of imidazole rings is 1. The number of nitrogens with zero attached hydrogens (tertiary/aromatic N) is 8. The summed E-state index contributed by atoms with van der Waals surface area (Å²) in [4.78, 5) is 28.5. The third-order valence-corrected chi connectivity index (χ3v) is 8.15. The van der Waals surface area contributed by atoms with Crippen LogP contribution < -0.4 is 9.80 Å². The first-order chi connectivity index (χ1) is 19.6. The summed E-state index contributed by atoms with van der Waals surface area (Å²) in [6.07, 6.45) is 12.9. The van der Waals surface area contributed by atoms with Crippen LogP contribution in [-0.4, -0.2) is 81.1 Å². The zero-order valence-electron chi connectivity index (χ0n) is 25.3. The first-order valence-electron chi connectivity index (χ1n) is 14.8. The van der Waals surface area contributed by atoms with Gasteiger partial charge in [0.25, 0.3) is 0 Å². The van der Waals surface area contributed by atoms with Gasteiger partial charge in [-0.2, -0.15) is 5.10 Å². The molecule has 2 atom stereocenters. The van der Waals surface area contributed by atoms with Gasteiger partial charge < -0.3 is 24.0 Å². The van der Waals surface area contributed by atoms with E-state index in [-0.39, 0.29) is 18.2 Å². The van der Waals surface area contributed by atoms with Crippen LogP contribution in [0.2, 0.25) is 0 Å². The molecule has 1 aliphatic heterocycles. The number of rotatable bonds is 8. The maximum absolute atomic E-state index is 13.2. The van der Waals surface area contributed by atoms with E-state index in [1.165, 1.54) is 19.3 Å². The topological polar surface area (TPSA) is 92.5 Å². The fourth-order valence-electron chi connectivity index (χ4n) is 5.45. The quantitative estimate of drug-likeness (QED) is 0.361. The predicted octanol–water partition coefficient (Wildman–Crippen LogP) is 5.42. The molecule has 10 heteroatoms. The van der Waals surface area contributed by atoms with Gasteiger partial charge in [0, 0.05) is 51.7 Å². The molecule has 2 aliphatic rings. The van der Waals surface area contributed by atoms with Crippen molar-refractivity contribution >= 4 is 17.6 Å². The van der Waals surface area contributed by atoms with E-state index >= 15 is 0 Å². The third kappa shape index (κ3) is 6.97. The van der Waals surface area contributed by atoms with Gasteiger partial charge in [-0.3, -0.25) is 4.98 Å². The van der Waals surface area contributed by atoms with E-state index in [0.717, 1.165) is 60.9 Å². The number of piperidine rings is 1. The van der Waals surface area contributed by atoms with Crippen LogP contribution in [0.5, 0.6) is 0 Å². The summed E-state index contributed by atoms with van der Waals surface area (Å²) in [5.74, 6) is 1.42. The minimum absolute atomic E-state index is 0.0259. The molecule has 3 aromatic heterocycles. The van der Waals surface area contributed by atoms with Crippen molar-refractivity contribution in [1.82, 2.24) is 29.6 Å². The number of carbonyl (C=O) groups excluding carboxylic acids is 1. The first kappa shape index (κ1) is 28.8. The number of amides is 1. The smallest absolute Gasteiger partial charge is 0.410 e. The summed E-state index contributed by atoms with van der Waals surface area (Å²) in [5.41, 5.74) is 3.23. The van der Waals surface area contributed by atoms with Crippen LogP contribution in [0.25, 0.3) is 11.3 Å². The van der Waals surface area contributed by atoms with E-state index in [0.29, 0.717) is 5.92 Å². The number of ether oxygens (including phenoxy) is 1. The molecule has 220 valence electrons. The summed E-state index contributed by atoms with van der Waals surface area (Å²) in [6.45, 7) is 10.3. The lowest BCUT2D eigenvalue weighted by Crippen LogP contribution is -2.53. The van der Waals surface area contributed by atoms with E-state index < -0.39 is 5.60 Å². The summed E-state index contributed by atoms with van der Waals surface area (Å²) >= 11 is 0. The SMILES string of the molecule is CC(c1ccc(N2CCC[C@@H](N(CC3CCC3)C(=O)OC(C)(C)C)C2)nn1)n1cnc(-c2cncc(N(C)C)c2)c1. The number of anilines is 2. The Kier molecular flexibility index (Phi) is 8.47. The van der Waals surface area contributed by atoms with Gasteiger partial charge in [-0.15, -0.1) is 5.10 Å². The second-order valence-electron chi connectivity index (χ2n) is 12.7. The molecule has 0 bridgehead atoms. The molecule has 4 heterocycles. The van der Waals surface area contributed by atoms with Gasteiger partial charge in [0.1, 0.15) is 5.60 Å². The molecule has 1 saturated heterocycles. The van der Waals surface area contributed by atoms with Crippen molar-refractivity contribution in [2.24, 2.45) is 5.92 Å². The van der Waals surface area contributed by atoms with E-state index in [9.17, 15) is 4.79 Å². The molecule has 2 fully saturated rings. The molecule has 1 saturated carbocycles. The molecule has 10 nitrogen and oxygen atoms in total. The average Bonchev–Trinajstić information content (AvgIpc) is 3.42. The lowest BCUT2D eigenvalue weighted by molar-refractivity contribution is 0.00733. The van der Waals surface area contributed by atoms with Crippen LogP contribution in [0, 0.1) is 5.92 Å². The minimum atomic E-state index is -0.509. The highest BCUT2D eigenvalue weighted by Crippen LogP contribution is 2.31. The van der Waals surface area contributed by atoms with Crippen molar-refractivity contribution < 1.29 is 9.53 Å². The summed E-state index contributed by atoms with van der Waals surface area (Å²) < 4.78 is 7.87. The average molecular weight is 561 g/mol. The van der Waals surface area contributed by atoms with Crippen molar-refractivity contribution in [3.05, 3.63) is 48.8 Å². The van der Waals surface area contributed by atoms with Crippen molar-refractivity contribution in [2.75, 3.05) is 43.5 Å². The maximum atomic E-state index is 13.2. The van der Waals surface area contributed by atoms with E-state index in [1.54, 1.807) is 0 Å². The highest BCUT2D eigenvalue weighted by Gasteiger charge is 2.35. The Hall–Kier alpha value is -3.69. The highest BCUT2D eigenvalue weighted by atomic mass is 16.6. The van der Waals surface area contributed by atoms with E-state index in [2.05, 4.69) is 42.6 Å². The van der Waals surface area contributed by atoms with E-state index in [1.807, 2.05) is 81.7 Å². The minimum Gasteiger partial charge on any atom is -0.444 e. The van der Waals surface area contributed by atoms with Crippen LogP contribution in [0.3, 0.4) is 0 Å². The molecule has 1 unspecified atom stereocenters. The molecule has 0 N–H and O–H groups in total. The van der Waals surface area contributed by atoms with Crippen LogP contribution in [-0.2, 0) is 4.74 Å². The number of hydrogen-bond acceptors (Lipinski definition) is 8. The normalized spacial score (nSPS) is 18.5. The van der Waals surface area contributed by atoms with Crippen molar-refractivity contribution in [2.45, 2.75) is 77.5 Å². The van der Waals surface area contributed by atoms with Gasteiger partial charge in [0.05, 0.1) is 41.7 Å². The lowest BCUT2D eigenvalue weighted by Gasteiger charge is -2.42. The first-order valence-corrected chi connectivity index (χ1v) is 14.8. The molecular formula is C31H44N8O2. The Morgan fingerprint density at radius 1 is 1.12 bits per heavy atom. The maximum Gasteiger partial charge on any atom is 0.410 e. The van der Waals surface area contributed by atoms with Gasteiger partial charge in [0.15, 0.2) is 5.82 Å². The van der Waals surface area contributed by atoms with Gasteiger partial charge in [-0.1, -0.05) is 6.42 Å². The van der Waals surface area contributed by atoms with Crippen molar-refractivity contribution in [3.63, 3.8) is 0 Å². The number of pyridine rings is 1. The molecule has 5 rings (SSSR count). The third-order valence-electron chi connectivity index (χ3n) is 8.15.